The maximum absolute atomic E-state index is 4.69. The molecule has 6 rings (SSSR count). The largest absolute Gasteiger partial charge is 0.301 e. The topological polar surface area (TPSA) is 29.0 Å². The summed E-state index contributed by atoms with van der Waals surface area (Å²) in [7, 11) is 0. The first-order valence-electron chi connectivity index (χ1n) is 10.6. The zero-order valence-electron chi connectivity index (χ0n) is 17.0. The molecule has 31 heavy (non-hydrogen) atoms. The van der Waals surface area contributed by atoms with Crippen LogP contribution in [-0.2, 0) is 0 Å². The molecule has 3 aromatic carbocycles. The number of nitrogens with zero attached hydrogens (tertiary/aromatic N) is 3. The van der Waals surface area contributed by atoms with Crippen molar-refractivity contribution < 1.29 is 0 Å². The van der Waals surface area contributed by atoms with Crippen LogP contribution in [0, 0.1) is 0 Å². The summed E-state index contributed by atoms with van der Waals surface area (Å²) in [6.45, 7) is 0. The van der Waals surface area contributed by atoms with Crippen LogP contribution >= 0.6 is 0 Å². The van der Waals surface area contributed by atoms with Crippen molar-refractivity contribution in [2.24, 2.45) is 0 Å². The summed E-state index contributed by atoms with van der Waals surface area (Å²) < 4.78 is 0. The number of hydrogen-bond acceptors (Lipinski definition) is 3. The van der Waals surface area contributed by atoms with Crippen LogP contribution in [0.1, 0.15) is 11.5 Å². The molecule has 0 amide bonds. The molecule has 2 aliphatic rings. The van der Waals surface area contributed by atoms with E-state index < -0.39 is 0 Å². The minimum atomic E-state index is 0.0830. The number of hydrogen-bond donors (Lipinski definition) is 0. The molecule has 0 N–H and O–H groups in total. The highest BCUT2D eigenvalue weighted by Gasteiger charge is 2.36. The van der Waals surface area contributed by atoms with E-state index in [1.165, 1.54) is 27.8 Å². The summed E-state index contributed by atoms with van der Waals surface area (Å²) in [5.41, 5.74) is 7.33. The van der Waals surface area contributed by atoms with E-state index in [4.69, 9.17) is 0 Å². The minimum Gasteiger partial charge on any atom is -0.301 e. The molecule has 0 fully saturated rings. The predicted octanol–water partition coefficient (Wildman–Crippen LogP) is 6.54. The molecule has 3 nitrogen and oxygen atoms in total. The Labute approximate surface area is 182 Å². The average Bonchev–Trinajstić information content (AvgIpc) is 2.98. The SMILES string of the molecule is C1=CC2c3ccccc3-c3cccc(-c4ccccc4)c3N(c3ncccn3)C2C=C1. The van der Waals surface area contributed by atoms with E-state index in [0.29, 0.717) is 0 Å². The third kappa shape index (κ3) is 2.89. The number of allylic oxidation sites excluding steroid dienone is 2. The summed E-state index contributed by atoms with van der Waals surface area (Å²) in [4.78, 5) is 11.7. The van der Waals surface area contributed by atoms with Gasteiger partial charge in [0.15, 0.2) is 0 Å². The average molecular weight is 399 g/mol. The second kappa shape index (κ2) is 7.37. The van der Waals surface area contributed by atoms with E-state index in [-0.39, 0.29) is 12.0 Å². The molecule has 0 radical (unpaired) electrons. The van der Waals surface area contributed by atoms with Crippen LogP contribution in [0.25, 0.3) is 22.3 Å². The molecule has 0 saturated heterocycles. The molecular weight excluding hydrogens is 378 g/mol. The van der Waals surface area contributed by atoms with Gasteiger partial charge < -0.3 is 4.90 Å². The van der Waals surface area contributed by atoms with E-state index in [0.717, 1.165) is 11.6 Å². The third-order valence-corrected chi connectivity index (χ3v) is 6.14. The molecule has 3 heteroatoms. The Hall–Kier alpha value is -3.98. The van der Waals surface area contributed by atoms with Crippen molar-refractivity contribution in [3.8, 4) is 22.3 Å². The van der Waals surface area contributed by atoms with Crippen molar-refractivity contribution in [1.82, 2.24) is 9.97 Å². The zero-order valence-corrected chi connectivity index (χ0v) is 17.0. The molecule has 1 aliphatic carbocycles. The summed E-state index contributed by atoms with van der Waals surface area (Å²) in [5.74, 6) is 0.927. The van der Waals surface area contributed by atoms with E-state index in [2.05, 4.69) is 112 Å². The Morgan fingerprint density at radius 2 is 1.32 bits per heavy atom. The lowest BCUT2D eigenvalue weighted by atomic mass is 9.85. The van der Waals surface area contributed by atoms with E-state index in [9.17, 15) is 0 Å². The van der Waals surface area contributed by atoms with Gasteiger partial charge in [-0.2, -0.15) is 0 Å². The van der Waals surface area contributed by atoms with Crippen LogP contribution in [0.2, 0.25) is 0 Å². The molecule has 0 saturated carbocycles. The van der Waals surface area contributed by atoms with Gasteiger partial charge in [-0.05, 0) is 22.8 Å². The fourth-order valence-electron chi connectivity index (χ4n) is 4.83. The number of para-hydroxylation sites is 1. The van der Waals surface area contributed by atoms with Gasteiger partial charge in [0.05, 0.1) is 11.7 Å². The van der Waals surface area contributed by atoms with Crippen molar-refractivity contribution in [3.05, 3.63) is 121 Å². The quantitative estimate of drug-likeness (QED) is 0.383. The maximum atomic E-state index is 4.69. The first kappa shape index (κ1) is 17.8. The molecule has 0 bridgehead atoms. The molecule has 148 valence electrons. The molecule has 0 spiro atoms. The number of aromatic nitrogens is 2. The third-order valence-electron chi connectivity index (χ3n) is 6.14. The van der Waals surface area contributed by atoms with Gasteiger partial charge in [-0.25, -0.2) is 9.97 Å². The number of fused-ring (bicyclic) bond motifs is 5. The first-order chi connectivity index (χ1) is 15.4. The molecule has 2 unspecified atom stereocenters. The number of anilines is 2. The Bertz CT molecular complexity index is 1290. The second-order valence-corrected chi connectivity index (χ2v) is 7.86. The Balaban J connectivity index is 1.72. The van der Waals surface area contributed by atoms with Crippen LogP contribution in [0.15, 0.2) is 116 Å². The highest BCUT2D eigenvalue weighted by molar-refractivity contribution is 5.95. The van der Waals surface area contributed by atoms with Gasteiger partial charge in [-0.3, -0.25) is 0 Å². The van der Waals surface area contributed by atoms with Crippen LogP contribution in [0.3, 0.4) is 0 Å². The Morgan fingerprint density at radius 1 is 0.613 bits per heavy atom. The van der Waals surface area contributed by atoms with Gasteiger partial charge in [0.25, 0.3) is 0 Å². The monoisotopic (exact) mass is 399 g/mol. The Kier molecular flexibility index (Phi) is 4.24. The highest BCUT2D eigenvalue weighted by Crippen LogP contribution is 2.50. The summed E-state index contributed by atoms with van der Waals surface area (Å²) in [5, 5.41) is 0. The maximum Gasteiger partial charge on any atom is 0.230 e. The van der Waals surface area contributed by atoms with Gasteiger partial charge >= 0.3 is 0 Å². The fraction of sp³-hybridized carbons (Fsp3) is 0.0714. The van der Waals surface area contributed by atoms with Gasteiger partial charge in [-0.15, -0.1) is 0 Å². The van der Waals surface area contributed by atoms with Crippen LogP contribution in [0.4, 0.5) is 11.6 Å². The smallest absolute Gasteiger partial charge is 0.230 e. The van der Waals surface area contributed by atoms with Crippen molar-refractivity contribution in [2.45, 2.75) is 12.0 Å². The highest BCUT2D eigenvalue weighted by atomic mass is 15.3. The lowest BCUT2D eigenvalue weighted by Gasteiger charge is -2.35. The van der Waals surface area contributed by atoms with E-state index in [1.807, 2.05) is 18.5 Å². The van der Waals surface area contributed by atoms with Crippen molar-refractivity contribution >= 4 is 11.6 Å². The van der Waals surface area contributed by atoms with Crippen LogP contribution in [0.5, 0.6) is 0 Å². The number of benzene rings is 3. The first-order valence-corrected chi connectivity index (χ1v) is 10.6. The van der Waals surface area contributed by atoms with Gasteiger partial charge in [0.1, 0.15) is 0 Å². The minimum absolute atomic E-state index is 0.0830. The molecule has 4 aromatic rings. The van der Waals surface area contributed by atoms with Gasteiger partial charge in [0, 0.05) is 29.4 Å². The van der Waals surface area contributed by atoms with E-state index >= 15 is 0 Å². The standard InChI is InChI=1S/C28H21N3/c1-2-10-20(11-3-1)21-15-8-16-25-23-13-5-4-12-22(23)24-14-6-7-17-26(24)31(27(21)25)28-29-18-9-19-30-28/h1-19,24,26H. The zero-order chi connectivity index (χ0) is 20.6. The lowest BCUT2D eigenvalue weighted by Crippen LogP contribution is -2.35. The van der Waals surface area contributed by atoms with Crippen molar-refractivity contribution in [3.63, 3.8) is 0 Å². The summed E-state index contributed by atoms with van der Waals surface area (Å²) in [6, 6.07) is 27.9. The van der Waals surface area contributed by atoms with Crippen LogP contribution < -0.4 is 4.90 Å². The fourth-order valence-corrected chi connectivity index (χ4v) is 4.83. The van der Waals surface area contributed by atoms with Crippen molar-refractivity contribution in [2.75, 3.05) is 4.90 Å². The Morgan fingerprint density at radius 3 is 2.19 bits per heavy atom. The summed E-state index contributed by atoms with van der Waals surface area (Å²) >= 11 is 0. The molecule has 1 aromatic heterocycles. The van der Waals surface area contributed by atoms with Crippen LogP contribution in [-0.4, -0.2) is 16.0 Å². The lowest BCUT2D eigenvalue weighted by molar-refractivity contribution is 0.684. The molecular formula is C28H21N3. The second-order valence-electron chi connectivity index (χ2n) is 7.86. The number of rotatable bonds is 2. The summed E-state index contributed by atoms with van der Waals surface area (Å²) in [6.07, 6.45) is 12.5. The molecule has 2 atom stereocenters. The van der Waals surface area contributed by atoms with Gasteiger partial charge in [-0.1, -0.05) is 97.1 Å². The molecule has 1 aliphatic heterocycles. The van der Waals surface area contributed by atoms with Gasteiger partial charge in [0.2, 0.25) is 5.95 Å². The molecule has 2 heterocycles. The van der Waals surface area contributed by atoms with E-state index in [1.54, 1.807) is 0 Å². The normalized spacial score (nSPS) is 18.6. The predicted molar refractivity (Wildman–Crippen MR) is 126 cm³/mol. The van der Waals surface area contributed by atoms with Crippen molar-refractivity contribution in [1.29, 1.82) is 0 Å².